The number of likely N-dealkylation sites (tertiary alicyclic amines) is 1. The summed E-state index contributed by atoms with van der Waals surface area (Å²) in [6, 6.07) is 6.79. The van der Waals surface area contributed by atoms with Crippen LogP contribution in [0.1, 0.15) is 32.3 Å². The van der Waals surface area contributed by atoms with Gasteiger partial charge in [0, 0.05) is 23.6 Å². The van der Waals surface area contributed by atoms with E-state index in [4.69, 9.17) is 4.74 Å². The molecule has 0 radical (unpaired) electrons. The molecule has 1 N–H and O–H groups in total. The van der Waals surface area contributed by atoms with Gasteiger partial charge in [-0.1, -0.05) is 29.8 Å². The van der Waals surface area contributed by atoms with E-state index in [2.05, 4.69) is 52.1 Å². The maximum absolute atomic E-state index is 5.34. The third kappa shape index (κ3) is 5.28. The van der Waals surface area contributed by atoms with Gasteiger partial charge in [0.25, 0.3) is 0 Å². The largest absolute Gasteiger partial charge is 0.497 e. The van der Waals surface area contributed by atoms with E-state index in [0.717, 1.165) is 24.8 Å². The lowest BCUT2D eigenvalue weighted by Gasteiger charge is -2.33. The molecule has 1 saturated heterocycles. The highest BCUT2D eigenvalue weighted by molar-refractivity contribution is 9.10. The Bertz CT molecular complexity index is 450. The lowest BCUT2D eigenvalue weighted by atomic mass is 9.97. The molecule has 1 heterocycles. The zero-order chi connectivity index (χ0) is 15.2. The highest BCUT2D eigenvalue weighted by atomic mass is 79.9. The smallest absolute Gasteiger partial charge is 0.119 e. The van der Waals surface area contributed by atoms with Gasteiger partial charge in [0.05, 0.1) is 7.11 Å². The van der Waals surface area contributed by atoms with Crippen molar-refractivity contribution < 1.29 is 4.74 Å². The Kier molecular flexibility index (Phi) is 6.52. The minimum Gasteiger partial charge on any atom is -0.497 e. The van der Waals surface area contributed by atoms with Crippen LogP contribution in [0.25, 0.3) is 0 Å². The van der Waals surface area contributed by atoms with Crippen LogP contribution in [0.5, 0.6) is 5.75 Å². The van der Waals surface area contributed by atoms with Crippen LogP contribution in [-0.4, -0.2) is 37.7 Å². The van der Waals surface area contributed by atoms with Crippen LogP contribution in [0.15, 0.2) is 22.7 Å². The van der Waals surface area contributed by atoms with Gasteiger partial charge in [0.1, 0.15) is 5.75 Å². The van der Waals surface area contributed by atoms with E-state index in [9.17, 15) is 0 Å². The van der Waals surface area contributed by atoms with Crippen LogP contribution < -0.4 is 10.1 Å². The summed E-state index contributed by atoms with van der Waals surface area (Å²) < 4.78 is 6.51. The molecular weight excluding hydrogens is 328 g/mol. The van der Waals surface area contributed by atoms with Crippen molar-refractivity contribution in [2.75, 3.05) is 26.7 Å². The molecule has 1 atom stereocenters. The van der Waals surface area contributed by atoms with Crippen molar-refractivity contribution in [3.8, 4) is 5.75 Å². The fraction of sp³-hybridized carbons (Fsp3) is 0.647. The molecule has 21 heavy (non-hydrogen) atoms. The third-order valence-corrected chi connectivity index (χ3v) is 4.84. The topological polar surface area (TPSA) is 24.5 Å². The molecule has 0 bridgehead atoms. The average Bonchev–Trinajstić information content (AvgIpc) is 2.48. The van der Waals surface area contributed by atoms with Crippen molar-refractivity contribution in [1.82, 2.24) is 10.2 Å². The minimum atomic E-state index is 0.577. The van der Waals surface area contributed by atoms with Crippen LogP contribution >= 0.6 is 15.9 Å². The molecular formula is C17H27BrN2O. The van der Waals surface area contributed by atoms with E-state index in [1.165, 1.54) is 36.0 Å². The Hall–Kier alpha value is -0.580. The number of methoxy groups -OCH3 is 1. The normalized spacial score (nSPS) is 20.0. The third-order valence-electron chi connectivity index (χ3n) is 4.06. The lowest BCUT2D eigenvalue weighted by molar-refractivity contribution is 0.163. The Balaban J connectivity index is 1.93. The minimum absolute atomic E-state index is 0.577. The van der Waals surface area contributed by atoms with Crippen molar-refractivity contribution in [3.63, 3.8) is 0 Å². The van der Waals surface area contributed by atoms with Crippen molar-refractivity contribution in [2.45, 2.75) is 39.3 Å². The Morgan fingerprint density at radius 2 is 2.24 bits per heavy atom. The second kappa shape index (κ2) is 8.16. The Labute approximate surface area is 137 Å². The summed E-state index contributed by atoms with van der Waals surface area (Å²) in [5, 5.41) is 3.57. The highest BCUT2D eigenvalue weighted by Gasteiger charge is 2.20. The number of nitrogens with one attached hydrogen (secondary N) is 1. The zero-order valence-corrected chi connectivity index (χ0v) is 14.9. The summed E-state index contributed by atoms with van der Waals surface area (Å²) in [5.74, 6) is 1.70. The maximum Gasteiger partial charge on any atom is 0.119 e. The second-order valence-corrected chi connectivity index (χ2v) is 7.12. The first kappa shape index (κ1) is 16.8. The summed E-state index contributed by atoms with van der Waals surface area (Å²) in [7, 11) is 1.72. The SMILES string of the molecule is COc1ccc(Br)c(CN2CCCC(CNC(C)C)C2)c1. The van der Waals surface area contributed by atoms with Gasteiger partial charge in [0.15, 0.2) is 0 Å². The molecule has 1 unspecified atom stereocenters. The number of halogens is 1. The van der Waals surface area contributed by atoms with Crippen molar-refractivity contribution in [3.05, 3.63) is 28.2 Å². The van der Waals surface area contributed by atoms with Crippen LogP contribution in [0.3, 0.4) is 0 Å². The van der Waals surface area contributed by atoms with E-state index in [1.807, 2.05) is 6.07 Å². The predicted molar refractivity (Wildman–Crippen MR) is 91.8 cm³/mol. The van der Waals surface area contributed by atoms with E-state index >= 15 is 0 Å². The van der Waals surface area contributed by atoms with Gasteiger partial charge in [-0.05, 0) is 55.6 Å². The number of hydrogen-bond acceptors (Lipinski definition) is 3. The van der Waals surface area contributed by atoms with Gasteiger partial charge in [0.2, 0.25) is 0 Å². The molecule has 1 fully saturated rings. The molecule has 1 aliphatic heterocycles. The molecule has 0 amide bonds. The van der Waals surface area contributed by atoms with Crippen LogP contribution in [-0.2, 0) is 6.54 Å². The molecule has 118 valence electrons. The molecule has 4 heteroatoms. The number of ether oxygens (including phenoxy) is 1. The zero-order valence-electron chi connectivity index (χ0n) is 13.4. The monoisotopic (exact) mass is 354 g/mol. The molecule has 3 nitrogen and oxygen atoms in total. The summed E-state index contributed by atoms with van der Waals surface area (Å²) in [6.45, 7) is 8.94. The van der Waals surface area contributed by atoms with Gasteiger partial charge < -0.3 is 10.1 Å². The number of piperidine rings is 1. The van der Waals surface area contributed by atoms with Gasteiger partial charge in [-0.3, -0.25) is 4.90 Å². The van der Waals surface area contributed by atoms with Gasteiger partial charge in [-0.25, -0.2) is 0 Å². The summed E-state index contributed by atoms with van der Waals surface area (Å²) in [6.07, 6.45) is 2.64. The first-order valence-electron chi connectivity index (χ1n) is 7.86. The average molecular weight is 355 g/mol. The fourth-order valence-corrected chi connectivity index (χ4v) is 3.28. The molecule has 0 aliphatic carbocycles. The number of benzene rings is 1. The summed E-state index contributed by atoms with van der Waals surface area (Å²) in [4.78, 5) is 2.57. The first-order valence-corrected chi connectivity index (χ1v) is 8.66. The van der Waals surface area contributed by atoms with Crippen LogP contribution in [0.2, 0.25) is 0 Å². The summed E-state index contributed by atoms with van der Waals surface area (Å²) >= 11 is 3.66. The number of nitrogens with zero attached hydrogens (tertiary/aromatic N) is 1. The van der Waals surface area contributed by atoms with Crippen molar-refractivity contribution in [1.29, 1.82) is 0 Å². The Morgan fingerprint density at radius 1 is 1.43 bits per heavy atom. The second-order valence-electron chi connectivity index (χ2n) is 6.26. The molecule has 1 aromatic carbocycles. The van der Waals surface area contributed by atoms with Gasteiger partial charge in [-0.2, -0.15) is 0 Å². The van der Waals surface area contributed by atoms with Gasteiger partial charge in [-0.15, -0.1) is 0 Å². The van der Waals surface area contributed by atoms with E-state index in [-0.39, 0.29) is 0 Å². The molecule has 2 rings (SSSR count). The lowest BCUT2D eigenvalue weighted by Crippen LogP contribution is -2.40. The van der Waals surface area contributed by atoms with Crippen molar-refractivity contribution >= 4 is 15.9 Å². The standard InChI is InChI=1S/C17H27BrN2O/c1-13(2)19-10-14-5-4-8-20(11-14)12-15-9-16(21-3)6-7-17(15)18/h6-7,9,13-14,19H,4-5,8,10-12H2,1-3H3. The van der Waals surface area contributed by atoms with E-state index in [1.54, 1.807) is 7.11 Å². The van der Waals surface area contributed by atoms with Crippen molar-refractivity contribution in [2.24, 2.45) is 5.92 Å². The molecule has 0 spiro atoms. The van der Waals surface area contributed by atoms with E-state index < -0.39 is 0 Å². The molecule has 1 aromatic rings. The molecule has 0 saturated carbocycles. The molecule has 0 aromatic heterocycles. The number of rotatable bonds is 6. The van der Waals surface area contributed by atoms with E-state index in [0.29, 0.717) is 6.04 Å². The van der Waals surface area contributed by atoms with Gasteiger partial charge >= 0.3 is 0 Å². The maximum atomic E-state index is 5.34. The highest BCUT2D eigenvalue weighted by Crippen LogP contribution is 2.26. The fourth-order valence-electron chi connectivity index (χ4n) is 2.90. The van der Waals surface area contributed by atoms with Crippen LogP contribution in [0, 0.1) is 5.92 Å². The quantitative estimate of drug-likeness (QED) is 0.843. The number of hydrogen-bond donors (Lipinski definition) is 1. The summed E-state index contributed by atoms with van der Waals surface area (Å²) in [5.41, 5.74) is 1.31. The first-order chi connectivity index (χ1) is 10.1. The van der Waals surface area contributed by atoms with Crippen LogP contribution in [0.4, 0.5) is 0 Å². The Morgan fingerprint density at radius 3 is 2.95 bits per heavy atom. The predicted octanol–water partition coefficient (Wildman–Crippen LogP) is 3.67. The molecule has 1 aliphatic rings.